The van der Waals surface area contributed by atoms with E-state index < -0.39 is 0 Å². The molecule has 0 amide bonds. The van der Waals surface area contributed by atoms with Gasteiger partial charge in [0.05, 0.1) is 0 Å². The molecular weight excluding hydrogens is 100 g/mol. The molecule has 0 aromatic heterocycles. The lowest BCUT2D eigenvalue weighted by Crippen LogP contribution is -2.10. The van der Waals surface area contributed by atoms with Crippen LogP contribution >= 0.6 is 0 Å². The van der Waals surface area contributed by atoms with Gasteiger partial charge in [-0.25, -0.2) is 0 Å². The van der Waals surface area contributed by atoms with E-state index in [1.807, 2.05) is 0 Å². The van der Waals surface area contributed by atoms with Gasteiger partial charge < -0.3 is 0 Å². The molecule has 1 unspecified atom stereocenters. The van der Waals surface area contributed by atoms with Gasteiger partial charge in [0.1, 0.15) is 0 Å². The zero-order valence-electron chi connectivity index (χ0n) is 5.07. The minimum absolute atomic E-state index is 0.942. The Morgan fingerprint density at radius 1 is 1.86 bits per heavy atom. The molecule has 40 valence electrons. The second-order valence-electron chi connectivity index (χ2n) is 2.30. The van der Waals surface area contributed by atoms with Gasteiger partial charge in [0.2, 0.25) is 0 Å². The van der Waals surface area contributed by atoms with Crippen LogP contribution in [0.25, 0.3) is 0 Å². The molecule has 1 saturated carbocycles. The summed E-state index contributed by atoms with van der Waals surface area (Å²) in [6, 6.07) is 0. The van der Waals surface area contributed by atoms with Crippen molar-refractivity contribution in [1.82, 2.24) is 0 Å². The molecule has 1 heteroatoms. The third kappa shape index (κ3) is 0.777. The Labute approximate surface area is 48.0 Å². The first kappa shape index (κ1) is 5.10. The molecule has 0 saturated heterocycles. The first-order valence-electron chi connectivity index (χ1n) is 2.99. The number of hydrogen-bond acceptors (Lipinski definition) is 0. The van der Waals surface area contributed by atoms with Crippen LogP contribution < -0.4 is 0 Å². The summed E-state index contributed by atoms with van der Waals surface area (Å²) in [7, 11) is 1.26. The predicted octanol–water partition coefficient (Wildman–Crippen LogP) is 0.666. The van der Waals surface area contributed by atoms with E-state index in [0.29, 0.717) is 0 Å². The van der Waals surface area contributed by atoms with Crippen molar-refractivity contribution in [1.29, 1.82) is 0 Å². The van der Waals surface area contributed by atoms with Crippen LogP contribution in [-0.2, 0) is 0 Å². The number of rotatable bonds is 0. The maximum absolute atomic E-state index is 2.38. The van der Waals surface area contributed by atoms with Crippen LogP contribution in [0.1, 0.15) is 19.8 Å². The van der Waals surface area contributed by atoms with E-state index in [9.17, 15) is 0 Å². The van der Waals surface area contributed by atoms with Crippen LogP contribution in [0.4, 0.5) is 0 Å². The van der Waals surface area contributed by atoms with E-state index in [1.165, 1.54) is 23.1 Å². The summed E-state index contributed by atoms with van der Waals surface area (Å²) in [4.78, 5) is 0. The van der Waals surface area contributed by atoms with Crippen LogP contribution in [0, 0.1) is 5.92 Å². The van der Waals surface area contributed by atoms with Gasteiger partial charge in [-0.3, -0.25) is 0 Å². The van der Waals surface area contributed by atoms with Crippen LogP contribution in [0.2, 0.25) is 0 Å². The molecule has 1 atom stereocenters. The molecule has 1 fully saturated rings. The van der Waals surface area contributed by atoms with E-state index >= 15 is 0 Å². The summed E-state index contributed by atoms with van der Waals surface area (Å²) in [5.74, 6) is 0.942. The maximum Gasteiger partial charge on any atom is 0.0290 e. The van der Waals surface area contributed by atoms with E-state index in [2.05, 4.69) is 12.6 Å². The topological polar surface area (TPSA) is 0 Å². The molecule has 0 aromatic rings. The average molecular weight is 112 g/mol. The summed E-state index contributed by atoms with van der Waals surface area (Å²) in [5.41, 5.74) is 4.10. The molecular formula is C6H12Si. The molecule has 0 radical (unpaired) electrons. The molecule has 0 nitrogen and oxygen atoms in total. The molecule has 0 heterocycles. The van der Waals surface area contributed by atoms with Crippen LogP contribution in [-0.4, -0.2) is 10.2 Å². The zero-order valence-corrected chi connectivity index (χ0v) is 7.07. The third-order valence-electron chi connectivity index (χ3n) is 1.87. The highest BCUT2D eigenvalue weighted by atomic mass is 28.1. The summed E-state index contributed by atoms with van der Waals surface area (Å²) < 4.78 is 0. The fraction of sp³-hybridized carbons (Fsp3) is 0.667. The predicted molar refractivity (Wildman–Crippen MR) is 36.4 cm³/mol. The Morgan fingerprint density at radius 3 is 2.57 bits per heavy atom. The van der Waals surface area contributed by atoms with Gasteiger partial charge in [-0.15, -0.1) is 5.70 Å². The molecule has 1 rings (SSSR count). The van der Waals surface area contributed by atoms with Crippen molar-refractivity contribution in [3.63, 3.8) is 0 Å². The van der Waals surface area contributed by atoms with E-state index in [-0.39, 0.29) is 0 Å². The first-order valence-corrected chi connectivity index (χ1v) is 4.15. The Kier molecular flexibility index (Phi) is 1.33. The molecule has 0 bridgehead atoms. The van der Waals surface area contributed by atoms with Crippen molar-refractivity contribution >= 4 is 10.2 Å². The lowest BCUT2D eigenvalue weighted by molar-refractivity contribution is 0.484. The fourth-order valence-electron chi connectivity index (χ4n) is 1.03. The molecule has 1 aliphatic carbocycles. The lowest BCUT2D eigenvalue weighted by atomic mass is 9.82. The Morgan fingerprint density at radius 2 is 2.57 bits per heavy atom. The van der Waals surface area contributed by atoms with Crippen molar-refractivity contribution in [2.75, 3.05) is 0 Å². The van der Waals surface area contributed by atoms with Crippen LogP contribution in [0.3, 0.4) is 0 Å². The fourth-order valence-corrected chi connectivity index (χ4v) is 1.89. The van der Waals surface area contributed by atoms with Gasteiger partial charge in [0.25, 0.3) is 0 Å². The normalized spacial score (nSPS) is 36.1. The Bertz CT molecular complexity index is 94.4. The van der Waals surface area contributed by atoms with Crippen molar-refractivity contribution in [3.05, 3.63) is 11.3 Å². The van der Waals surface area contributed by atoms with Crippen molar-refractivity contribution < 1.29 is 0 Å². The largest absolute Gasteiger partial charge is 0.106 e. The van der Waals surface area contributed by atoms with Gasteiger partial charge in [0.15, 0.2) is 0 Å². The molecule has 0 aliphatic heterocycles. The minimum atomic E-state index is 0.942. The smallest absolute Gasteiger partial charge is 0.0290 e. The number of allylic oxidation sites excluding steroid dienone is 1. The standard InChI is InChI=1S/C6H12Si/c1-5-2-3-6(5)4-7/h4-5H,2-3H2,1,7H3. The van der Waals surface area contributed by atoms with Crippen LogP contribution in [0.15, 0.2) is 11.3 Å². The van der Waals surface area contributed by atoms with E-state index in [1.54, 1.807) is 5.57 Å². The van der Waals surface area contributed by atoms with Gasteiger partial charge in [-0.05, 0) is 18.8 Å². The number of hydrogen-bond donors (Lipinski definition) is 0. The highest BCUT2D eigenvalue weighted by Crippen LogP contribution is 2.31. The van der Waals surface area contributed by atoms with E-state index in [0.717, 1.165) is 5.92 Å². The monoisotopic (exact) mass is 112 g/mol. The van der Waals surface area contributed by atoms with Crippen molar-refractivity contribution in [2.45, 2.75) is 19.8 Å². The summed E-state index contributed by atoms with van der Waals surface area (Å²) >= 11 is 0. The quantitative estimate of drug-likeness (QED) is 0.404. The summed E-state index contributed by atoms with van der Waals surface area (Å²) in [5, 5.41) is 0. The molecule has 7 heavy (non-hydrogen) atoms. The van der Waals surface area contributed by atoms with Gasteiger partial charge in [-0.1, -0.05) is 12.5 Å². The van der Waals surface area contributed by atoms with Gasteiger partial charge in [-0.2, -0.15) is 0 Å². The second-order valence-corrected chi connectivity index (χ2v) is 2.88. The zero-order chi connectivity index (χ0) is 5.28. The molecule has 1 aliphatic rings. The second kappa shape index (κ2) is 1.82. The average Bonchev–Trinajstić information content (AvgIpc) is 1.65. The summed E-state index contributed by atoms with van der Waals surface area (Å²) in [6.45, 7) is 2.31. The first-order chi connectivity index (χ1) is 3.34. The summed E-state index contributed by atoms with van der Waals surface area (Å²) in [6.07, 6.45) is 2.83. The third-order valence-corrected chi connectivity index (χ3v) is 2.61. The molecule has 0 spiro atoms. The van der Waals surface area contributed by atoms with Crippen molar-refractivity contribution in [2.24, 2.45) is 5.92 Å². The Hall–Kier alpha value is -0.0431. The SMILES string of the molecule is CC1CCC1=C[SiH3]. The van der Waals surface area contributed by atoms with Gasteiger partial charge in [0, 0.05) is 10.2 Å². The van der Waals surface area contributed by atoms with Crippen molar-refractivity contribution in [3.8, 4) is 0 Å². The maximum atomic E-state index is 2.38. The Balaban J connectivity index is 2.44. The van der Waals surface area contributed by atoms with Gasteiger partial charge >= 0.3 is 0 Å². The minimum Gasteiger partial charge on any atom is -0.106 e. The van der Waals surface area contributed by atoms with Crippen LogP contribution in [0.5, 0.6) is 0 Å². The molecule has 0 N–H and O–H groups in total. The highest BCUT2D eigenvalue weighted by Gasteiger charge is 2.16. The van der Waals surface area contributed by atoms with E-state index in [4.69, 9.17) is 0 Å². The lowest BCUT2D eigenvalue weighted by Gasteiger charge is -2.25. The molecule has 0 aromatic carbocycles. The highest BCUT2D eigenvalue weighted by molar-refractivity contribution is 6.17.